The van der Waals surface area contributed by atoms with Crippen LogP contribution in [0.3, 0.4) is 0 Å². The number of fused-ring (bicyclic) bond motifs is 2. The number of rotatable bonds is 4. The van der Waals surface area contributed by atoms with E-state index in [4.69, 9.17) is 22.1 Å². The summed E-state index contributed by atoms with van der Waals surface area (Å²) < 4.78 is 52.3. The average molecular weight is 528 g/mol. The highest BCUT2D eigenvalue weighted by Gasteiger charge is 2.50. The number of aliphatic hydroxyl groups is 1. The Kier molecular flexibility index (Phi) is 5.77. The number of halogens is 4. The molecule has 3 N–H and O–H groups in total. The number of alkyl halides is 1. The van der Waals surface area contributed by atoms with Crippen LogP contribution in [0.25, 0.3) is 11.1 Å². The molecule has 0 spiro atoms. The van der Waals surface area contributed by atoms with Crippen molar-refractivity contribution < 1.29 is 27.8 Å². The molecule has 3 aromatic carbocycles. The van der Waals surface area contributed by atoms with E-state index in [1.165, 1.54) is 12.1 Å². The summed E-state index contributed by atoms with van der Waals surface area (Å²) in [5, 5.41) is 9.98. The molecule has 192 valence electrons. The Balaban J connectivity index is 1.61. The molecule has 37 heavy (non-hydrogen) atoms. The van der Waals surface area contributed by atoms with Gasteiger partial charge in [-0.05, 0) is 30.0 Å². The Hall–Kier alpha value is -3.03. The molecule has 0 aromatic heterocycles. The molecule has 1 fully saturated rings. The van der Waals surface area contributed by atoms with Gasteiger partial charge in [0.05, 0.1) is 10.6 Å². The number of carbonyl (C=O) groups is 1. The molecule has 1 saturated carbocycles. The van der Waals surface area contributed by atoms with Gasteiger partial charge in [0.15, 0.2) is 0 Å². The highest BCUT2D eigenvalue weighted by atomic mass is 35.5. The topological polar surface area (TPSA) is 72.6 Å². The minimum Gasteiger partial charge on any atom is -0.482 e. The van der Waals surface area contributed by atoms with E-state index in [1.807, 2.05) is 30.3 Å². The maximum Gasteiger partial charge on any atom is 0.249 e. The van der Waals surface area contributed by atoms with Gasteiger partial charge in [-0.3, -0.25) is 4.79 Å². The third-order valence-electron chi connectivity index (χ3n) is 8.25. The lowest BCUT2D eigenvalue weighted by Crippen LogP contribution is -2.38. The first-order valence-corrected chi connectivity index (χ1v) is 12.8. The van der Waals surface area contributed by atoms with E-state index in [-0.39, 0.29) is 57.3 Å². The van der Waals surface area contributed by atoms with Crippen molar-refractivity contribution in [3.8, 4) is 16.9 Å². The third kappa shape index (κ3) is 3.58. The van der Waals surface area contributed by atoms with Crippen LogP contribution < -0.4 is 10.5 Å². The van der Waals surface area contributed by atoms with Gasteiger partial charge in [0.1, 0.15) is 35.3 Å². The molecule has 2 unspecified atom stereocenters. The predicted molar refractivity (Wildman–Crippen MR) is 133 cm³/mol. The fourth-order valence-corrected chi connectivity index (χ4v) is 6.81. The van der Waals surface area contributed by atoms with Crippen molar-refractivity contribution in [3.63, 3.8) is 0 Å². The Bertz CT molecular complexity index is 1420. The number of carbonyl (C=O) groups excluding carboxylic acids is 1. The number of aliphatic hydroxyl groups excluding tert-OH is 1. The third-order valence-corrected chi connectivity index (χ3v) is 8.62. The van der Waals surface area contributed by atoms with Crippen LogP contribution in [-0.4, -0.2) is 17.2 Å². The lowest BCUT2D eigenvalue weighted by molar-refractivity contribution is 0.0273. The summed E-state index contributed by atoms with van der Waals surface area (Å²) >= 11 is 6.49. The van der Waals surface area contributed by atoms with Crippen LogP contribution in [0, 0.1) is 17.6 Å². The van der Waals surface area contributed by atoms with Gasteiger partial charge in [0.25, 0.3) is 0 Å². The van der Waals surface area contributed by atoms with Gasteiger partial charge in [-0.1, -0.05) is 54.8 Å². The van der Waals surface area contributed by atoms with Crippen molar-refractivity contribution in [1.29, 1.82) is 0 Å². The molecule has 0 radical (unpaired) electrons. The molecule has 0 bridgehead atoms. The molecule has 3 aliphatic rings. The van der Waals surface area contributed by atoms with Crippen LogP contribution in [0.4, 0.5) is 13.2 Å². The molecule has 6 rings (SSSR count). The van der Waals surface area contributed by atoms with Crippen molar-refractivity contribution in [2.45, 2.75) is 56.4 Å². The zero-order chi connectivity index (χ0) is 26.1. The van der Waals surface area contributed by atoms with E-state index in [2.05, 4.69) is 0 Å². The first-order chi connectivity index (χ1) is 17.7. The summed E-state index contributed by atoms with van der Waals surface area (Å²) in [6.45, 7) is 0. The Morgan fingerprint density at radius 2 is 1.81 bits per heavy atom. The van der Waals surface area contributed by atoms with Gasteiger partial charge in [-0.2, -0.15) is 0 Å². The largest absolute Gasteiger partial charge is 0.482 e. The number of benzene rings is 3. The lowest BCUT2D eigenvalue weighted by atomic mass is 9.76. The van der Waals surface area contributed by atoms with Gasteiger partial charge in [-0.25, -0.2) is 13.2 Å². The van der Waals surface area contributed by atoms with Gasteiger partial charge in [-0.15, -0.1) is 0 Å². The van der Waals surface area contributed by atoms with Gasteiger partial charge in [0, 0.05) is 47.1 Å². The first-order valence-electron chi connectivity index (χ1n) is 12.5. The maximum absolute atomic E-state index is 16.1. The average Bonchev–Trinajstić information content (AvgIpc) is 3.60. The second-order valence-corrected chi connectivity index (χ2v) is 10.6. The van der Waals surface area contributed by atoms with Crippen molar-refractivity contribution in [3.05, 3.63) is 86.9 Å². The molecular weight excluding hydrogens is 503 g/mol. The molecule has 1 amide bonds. The van der Waals surface area contributed by atoms with E-state index in [9.17, 15) is 14.3 Å². The summed E-state index contributed by atoms with van der Waals surface area (Å²) in [6.07, 6.45) is 0.472. The Morgan fingerprint density at radius 3 is 2.49 bits per heavy atom. The number of hydrogen-bond donors (Lipinski definition) is 2. The second kappa shape index (κ2) is 8.77. The minimum absolute atomic E-state index is 0.0453. The van der Waals surface area contributed by atoms with Crippen molar-refractivity contribution in [2.24, 2.45) is 11.7 Å². The van der Waals surface area contributed by atoms with Crippen LogP contribution in [0.15, 0.2) is 42.5 Å². The Labute approximate surface area is 217 Å². The predicted octanol–water partition coefficient (Wildman–Crippen LogP) is 6.33. The molecular formula is C29H25ClF3NO3. The van der Waals surface area contributed by atoms with E-state index >= 15 is 8.78 Å². The summed E-state index contributed by atoms with van der Waals surface area (Å²) in [5.41, 5.74) is 5.45. The molecule has 1 aliphatic heterocycles. The van der Waals surface area contributed by atoms with Gasteiger partial charge < -0.3 is 15.6 Å². The van der Waals surface area contributed by atoms with Crippen LogP contribution in [0.5, 0.6) is 5.75 Å². The van der Waals surface area contributed by atoms with Crippen molar-refractivity contribution >= 4 is 17.5 Å². The number of nitrogens with two attached hydrogens (primary N) is 1. The van der Waals surface area contributed by atoms with Crippen LogP contribution >= 0.6 is 11.6 Å². The molecule has 3 atom stereocenters. The molecule has 1 heterocycles. The van der Waals surface area contributed by atoms with Gasteiger partial charge in [0.2, 0.25) is 5.91 Å². The summed E-state index contributed by atoms with van der Waals surface area (Å²) in [4.78, 5) is 12.5. The smallest absolute Gasteiger partial charge is 0.249 e. The second-order valence-electron chi connectivity index (χ2n) is 10.3. The molecule has 8 heteroatoms. The lowest BCUT2D eigenvalue weighted by Gasteiger charge is -2.35. The molecule has 0 saturated heterocycles. The summed E-state index contributed by atoms with van der Waals surface area (Å²) in [7, 11) is 0. The van der Waals surface area contributed by atoms with Crippen molar-refractivity contribution in [1.82, 2.24) is 0 Å². The fraction of sp³-hybridized carbons (Fsp3) is 0.345. The van der Waals surface area contributed by atoms with Gasteiger partial charge >= 0.3 is 0 Å². The molecule has 3 aromatic rings. The van der Waals surface area contributed by atoms with Crippen LogP contribution in [0.2, 0.25) is 5.02 Å². The van der Waals surface area contributed by atoms with Crippen molar-refractivity contribution in [2.75, 3.05) is 0 Å². The van der Waals surface area contributed by atoms with E-state index in [0.29, 0.717) is 5.56 Å². The highest BCUT2D eigenvalue weighted by molar-refractivity contribution is 6.34. The zero-order valence-corrected chi connectivity index (χ0v) is 20.6. The SMILES string of the molecule is NC(=O)c1cc2c(c(F)c1-c1c(Cl)c(F)cc3c1C[C@](c1ccccc1)(C1CCCC1)O3)C(O)C(F)C2. The summed E-state index contributed by atoms with van der Waals surface area (Å²) in [6, 6.07) is 12.1. The van der Waals surface area contributed by atoms with Crippen LogP contribution in [-0.2, 0) is 18.4 Å². The molecule has 4 nitrogen and oxygen atoms in total. The Morgan fingerprint density at radius 1 is 1.11 bits per heavy atom. The molecule has 2 aliphatic carbocycles. The fourth-order valence-electron chi connectivity index (χ4n) is 6.55. The number of amides is 1. The quantitative estimate of drug-likeness (QED) is 0.416. The van der Waals surface area contributed by atoms with Crippen LogP contribution in [0.1, 0.15) is 64.4 Å². The number of hydrogen-bond acceptors (Lipinski definition) is 3. The maximum atomic E-state index is 16.1. The first kappa shape index (κ1) is 24.3. The minimum atomic E-state index is -1.73. The number of primary amides is 1. The van der Waals surface area contributed by atoms with E-state index in [0.717, 1.165) is 31.2 Å². The highest BCUT2D eigenvalue weighted by Crippen LogP contribution is 2.55. The normalized spacial score (nSPS) is 24.7. The standard InChI is InChI=1S/C29H25ClF3NO3/c30-25-19(31)12-21-18(13-29(37-21,16-8-4-5-9-16)15-6-2-1-3-7-15)23(25)24-17(28(34)36)10-14-11-20(32)27(35)22(14)26(24)33/h1-3,6-7,10,12,16,20,27,35H,4-5,8-9,11,13H2,(H2,34,36)/t20?,27?,29-/m0/s1. The van der Waals surface area contributed by atoms with E-state index in [1.54, 1.807) is 0 Å². The number of ether oxygens (including phenoxy) is 1. The summed E-state index contributed by atoms with van der Waals surface area (Å²) in [5.74, 6) is -2.48. The monoisotopic (exact) mass is 527 g/mol. The zero-order valence-electron chi connectivity index (χ0n) is 19.9. The van der Waals surface area contributed by atoms with E-state index < -0.39 is 35.4 Å².